The highest BCUT2D eigenvalue weighted by atomic mass is 16.7. The Balaban J connectivity index is 3.82. The first-order valence-electron chi connectivity index (χ1n) is 3.12. The Morgan fingerprint density at radius 1 is 1.70 bits per heavy atom. The first kappa shape index (κ1) is 9.39. The third-order valence-corrected chi connectivity index (χ3v) is 1.39. The summed E-state index contributed by atoms with van der Waals surface area (Å²) >= 11 is 0. The molecule has 1 N–H and O–H groups in total. The molecule has 0 saturated heterocycles. The normalized spacial score (nSPS) is 12.8. The van der Waals surface area contributed by atoms with Crippen molar-refractivity contribution < 1.29 is 9.63 Å². The highest BCUT2D eigenvalue weighted by molar-refractivity contribution is 5.80. The zero-order valence-corrected chi connectivity index (χ0v) is 6.84. The van der Waals surface area contributed by atoms with E-state index in [2.05, 4.69) is 10.2 Å². The van der Waals surface area contributed by atoms with E-state index in [1.54, 1.807) is 21.0 Å². The van der Waals surface area contributed by atoms with Gasteiger partial charge in [0.25, 0.3) is 5.91 Å². The summed E-state index contributed by atoms with van der Waals surface area (Å²) in [5.41, 5.74) is 0. The van der Waals surface area contributed by atoms with Crippen molar-refractivity contribution in [3.8, 4) is 0 Å². The molecule has 0 aromatic heterocycles. The minimum absolute atomic E-state index is 0.0787. The molecule has 4 heteroatoms. The van der Waals surface area contributed by atoms with Crippen LogP contribution in [0.25, 0.3) is 0 Å². The van der Waals surface area contributed by atoms with Crippen LogP contribution in [0.5, 0.6) is 0 Å². The van der Waals surface area contributed by atoms with Gasteiger partial charge in [0.15, 0.2) is 0 Å². The Labute approximate surface area is 61.1 Å². The van der Waals surface area contributed by atoms with Crippen LogP contribution < -0.4 is 5.32 Å². The molecule has 0 fully saturated rings. The smallest absolute Gasteiger partial charge is 0.262 e. The lowest BCUT2D eigenvalue weighted by Crippen LogP contribution is -2.40. The molecule has 0 aliphatic heterocycles. The third kappa shape index (κ3) is 2.33. The SMILES string of the molecule is CN[C@@H](C)C(=O)N(C)OC. The minimum atomic E-state index is -0.190. The van der Waals surface area contributed by atoms with Gasteiger partial charge in [0, 0.05) is 7.05 Å². The van der Waals surface area contributed by atoms with Crippen molar-refractivity contribution in [1.29, 1.82) is 0 Å². The van der Waals surface area contributed by atoms with Crippen molar-refractivity contribution in [2.24, 2.45) is 0 Å². The van der Waals surface area contributed by atoms with Gasteiger partial charge in [-0.1, -0.05) is 0 Å². The van der Waals surface area contributed by atoms with Gasteiger partial charge >= 0.3 is 0 Å². The molecule has 0 radical (unpaired) electrons. The molecule has 4 nitrogen and oxygen atoms in total. The molecule has 0 aromatic rings. The molecular formula is C6H14N2O2. The summed E-state index contributed by atoms with van der Waals surface area (Å²) in [6, 6.07) is -0.190. The molecule has 0 heterocycles. The van der Waals surface area contributed by atoms with Crippen LogP contribution in [-0.2, 0) is 9.63 Å². The van der Waals surface area contributed by atoms with E-state index in [9.17, 15) is 4.79 Å². The van der Waals surface area contributed by atoms with Gasteiger partial charge < -0.3 is 5.32 Å². The summed E-state index contributed by atoms with van der Waals surface area (Å²) in [5, 5.41) is 4.00. The number of carbonyl (C=O) groups is 1. The second-order valence-electron chi connectivity index (χ2n) is 2.03. The number of rotatable bonds is 3. The van der Waals surface area contributed by atoms with Crippen molar-refractivity contribution in [2.45, 2.75) is 13.0 Å². The lowest BCUT2D eigenvalue weighted by molar-refractivity contribution is -0.170. The van der Waals surface area contributed by atoms with Crippen molar-refractivity contribution >= 4 is 5.91 Å². The third-order valence-electron chi connectivity index (χ3n) is 1.39. The maximum atomic E-state index is 11.0. The van der Waals surface area contributed by atoms with Gasteiger partial charge in [0.2, 0.25) is 0 Å². The van der Waals surface area contributed by atoms with Gasteiger partial charge in [-0.3, -0.25) is 9.63 Å². The maximum absolute atomic E-state index is 11.0. The Kier molecular flexibility index (Phi) is 3.99. The molecule has 0 rings (SSSR count). The van der Waals surface area contributed by atoms with E-state index < -0.39 is 0 Å². The van der Waals surface area contributed by atoms with Crippen molar-refractivity contribution in [3.05, 3.63) is 0 Å². The number of hydrogen-bond donors (Lipinski definition) is 1. The van der Waals surface area contributed by atoms with Gasteiger partial charge in [0.05, 0.1) is 13.2 Å². The number of likely N-dealkylation sites (N-methyl/N-ethyl adjacent to an activating group) is 2. The van der Waals surface area contributed by atoms with E-state index in [0.29, 0.717) is 0 Å². The van der Waals surface area contributed by atoms with Crippen molar-refractivity contribution in [2.75, 3.05) is 21.2 Å². The van der Waals surface area contributed by atoms with Gasteiger partial charge in [-0.15, -0.1) is 0 Å². The fraction of sp³-hybridized carbons (Fsp3) is 0.833. The summed E-state index contributed by atoms with van der Waals surface area (Å²) in [5.74, 6) is -0.0787. The lowest BCUT2D eigenvalue weighted by Gasteiger charge is -2.17. The van der Waals surface area contributed by atoms with Crippen LogP contribution in [0.4, 0.5) is 0 Å². The average Bonchev–Trinajstić information content (AvgIpc) is 2.00. The number of hydrogen-bond acceptors (Lipinski definition) is 3. The molecule has 0 saturated carbocycles. The number of hydroxylamine groups is 2. The quantitative estimate of drug-likeness (QED) is 0.551. The number of nitrogens with zero attached hydrogens (tertiary/aromatic N) is 1. The lowest BCUT2D eigenvalue weighted by atomic mass is 10.3. The van der Waals surface area contributed by atoms with Gasteiger partial charge in [-0.05, 0) is 14.0 Å². The number of carbonyl (C=O) groups excluding carboxylic acids is 1. The largest absolute Gasteiger partial charge is 0.309 e. The predicted octanol–water partition coefficient (Wildman–Crippen LogP) is -0.386. The average molecular weight is 146 g/mol. The molecule has 0 aliphatic carbocycles. The van der Waals surface area contributed by atoms with Crippen molar-refractivity contribution in [1.82, 2.24) is 10.4 Å². The molecule has 0 bridgehead atoms. The molecule has 1 atom stereocenters. The molecule has 0 aliphatic rings. The van der Waals surface area contributed by atoms with Crippen LogP contribution in [0.15, 0.2) is 0 Å². The van der Waals surface area contributed by atoms with Crippen LogP contribution >= 0.6 is 0 Å². The Morgan fingerprint density at radius 2 is 2.20 bits per heavy atom. The molecule has 60 valence electrons. The zero-order valence-electron chi connectivity index (χ0n) is 6.84. The minimum Gasteiger partial charge on any atom is -0.309 e. The van der Waals surface area contributed by atoms with E-state index in [0.717, 1.165) is 0 Å². The topological polar surface area (TPSA) is 41.6 Å². The summed E-state index contributed by atoms with van der Waals surface area (Å²) in [7, 11) is 4.77. The first-order chi connectivity index (χ1) is 4.63. The zero-order chi connectivity index (χ0) is 8.15. The molecule has 0 spiro atoms. The van der Waals surface area contributed by atoms with Crippen molar-refractivity contribution in [3.63, 3.8) is 0 Å². The molecular weight excluding hydrogens is 132 g/mol. The Morgan fingerprint density at radius 3 is 2.50 bits per heavy atom. The highest BCUT2D eigenvalue weighted by Gasteiger charge is 2.14. The van der Waals surface area contributed by atoms with Gasteiger partial charge in [0.1, 0.15) is 0 Å². The van der Waals surface area contributed by atoms with Crippen LogP contribution in [0.1, 0.15) is 6.92 Å². The Hall–Kier alpha value is -0.610. The number of amides is 1. The van der Waals surface area contributed by atoms with Gasteiger partial charge in [-0.2, -0.15) is 0 Å². The fourth-order valence-electron chi connectivity index (χ4n) is 0.486. The molecule has 0 unspecified atom stereocenters. The molecule has 1 amide bonds. The van der Waals surface area contributed by atoms with E-state index >= 15 is 0 Å². The summed E-state index contributed by atoms with van der Waals surface area (Å²) < 4.78 is 0. The van der Waals surface area contributed by atoms with E-state index in [1.807, 2.05) is 0 Å². The number of nitrogens with one attached hydrogen (secondary N) is 1. The van der Waals surface area contributed by atoms with E-state index in [-0.39, 0.29) is 11.9 Å². The fourth-order valence-corrected chi connectivity index (χ4v) is 0.486. The highest BCUT2D eigenvalue weighted by Crippen LogP contribution is 1.89. The molecule has 0 aromatic carbocycles. The monoisotopic (exact) mass is 146 g/mol. The van der Waals surface area contributed by atoms with Gasteiger partial charge in [-0.25, -0.2) is 5.06 Å². The summed E-state index contributed by atoms with van der Waals surface area (Å²) in [6.45, 7) is 1.78. The standard InChI is InChI=1S/C6H14N2O2/c1-5(7-2)6(9)8(3)10-4/h5,7H,1-4H3/t5-/m0/s1. The summed E-state index contributed by atoms with van der Waals surface area (Å²) in [6.07, 6.45) is 0. The van der Waals surface area contributed by atoms with Crippen LogP contribution in [0.2, 0.25) is 0 Å². The van der Waals surface area contributed by atoms with E-state index in [4.69, 9.17) is 0 Å². The summed E-state index contributed by atoms with van der Waals surface area (Å²) in [4.78, 5) is 15.7. The van der Waals surface area contributed by atoms with Crippen LogP contribution in [0, 0.1) is 0 Å². The second-order valence-corrected chi connectivity index (χ2v) is 2.03. The maximum Gasteiger partial charge on any atom is 0.262 e. The second kappa shape index (κ2) is 4.24. The first-order valence-corrected chi connectivity index (χ1v) is 3.12. The molecule has 10 heavy (non-hydrogen) atoms. The van der Waals surface area contributed by atoms with Crippen LogP contribution in [0.3, 0.4) is 0 Å². The van der Waals surface area contributed by atoms with E-state index in [1.165, 1.54) is 12.2 Å². The Bertz CT molecular complexity index is 104. The predicted molar refractivity (Wildman–Crippen MR) is 38.3 cm³/mol. The van der Waals surface area contributed by atoms with Crippen LogP contribution in [-0.4, -0.2) is 38.2 Å².